The lowest BCUT2D eigenvalue weighted by atomic mass is 9.83. The number of carboxylic acids is 1. The molecule has 0 aliphatic heterocycles. The van der Waals surface area contributed by atoms with Gasteiger partial charge in [0.2, 0.25) is 11.8 Å². The van der Waals surface area contributed by atoms with Crippen molar-refractivity contribution in [3.05, 3.63) is 59.7 Å². The van der Waals surface area contributed by atoms with Crippen LogP contribution in [0.4, 0.5) is 13.2 Å². The van der Waals surface area contributed by atoms with Crippen LogP contribution in [0.25, 0.3) is 11.1 Å². The summed E-state index contributed by atoms with van der Waals surface area (Å²) in [6, 6.07) is 11.4. The molecule has 0 aliphatic carbocycles. The number of aryl methyl sites for hydroxylation is 1. The van der Waals surface area contributed by atoms with Crippen LogP contribution in [-0.2, 0) is 27.0 Å². The molecule has 2 amide bonds. The summed E-state index contributed by atoms with van der Waals surface area (Å²) in [5, 5.41) is 15.2. The Hall–Kier alpha value is -3.36. The molecule has 0 saturated carbocycles. The number of nitrogens with one attached hydrogen (secondary N) is 2. The number of likely N-dealkylation sites (N-methyl/N-ethyl adjacent to an activating group) is 1. The Morgan fingerprint density at radius 2 is 1.55 bits per heavy atom. The van der Waals surface area contributed by atoms with E-state index in [0.717, 1.165) is 30.5 Å². The maximum absolute atomic E-state index is 13.4. The molecule has 0 aliphatic rings. The van der Waals surface area contributed by atoms with E-state index in [2.05, 4.69) is 10.6 Å². The van der Waals surface area contributed by atoms with E-state index in [-0.39, 0.29) is 18.2 Å². The first-order chi connectivity index (χ1) is 18.7. The number of carboxylic acid groups (broad SMARTS) is 1. The van der Waals surface area contributed by atoms with Crippen molar-refractivity contribution in [1.82, 2.24) is 10.6 Å². The van der Waals surface area contributed by atoms with Gasteiger partial charge in [-0.3, -0.25) is 14.4 Å². The minimum Gasteiger partial charge on any atom is -0.481 e. The highest BCUT2D eigenvalue weighted by molar-refractivity contribution is 5.89. The molecule has 3 atom stereocenters. The number of aliphatic carboxylic acids is 1. The summed E-state index contributed by atoms with van der Waals surface area (Å²) < 4.78 is 39.3. The number of hydrogen-bond acceptors (Lipinski definition) is 3. The van der Waals surface area contributed by atoms with Crippen LogP contribution in [0.5, 0.6) is 0 Å². The largest absolute Gasteiger partial charge is 0.481 e. The third kappa shape index (κ3) is 9.68. The van der Waals surface area contributed by atoms with Gasteiger partial charge in [0.05, 0.1) is 11.5 Å². The fraction of sp³-hybridized carbons (Fsp3) is 0.516. The lowest BCUT2D eigenvalue weighted by Crippen LogP contribution is -2.54. The second kappa shape index (κ2) is 14.3. The van der Waals surface area contributed by atoms with Crippen molar-refractivity contribution in [1.29, 1.82) is 0 Å². The zero-order valence-corrected chi connectivity index (χ0v) is 23.9. The van der Waals surface area contributed by atoms with Crippen LogP contribution < -0.4 is 10.6 Å². The molecule has 9 heteroatoms. The summed E-state index contributed by atoms with van der Waals surface area (Å²) in [6.45, 7) is 7.50. The van der Waals surface area contributed by atoms with Gasteiger partial charge in [-0.2, -0.15) is 13.2 Å². The molecule has 0 aromatic heterocycles. The number of benzene rings is 2. The van der Waals surface area contributed by atoms with E-state index in [1.807, 2.05) is 27.7 Å². The van der Waals surface area contributed by atoms with Crippen molar-refractivity contribution in [3.8, 4) is 11.1 Å². The smallest absolute Gasteiger partial charge is 0.416 e. The summed E-state index contributed by atoms with van der Waals surface area (Å²) in [6.07, 6.45) is -1.45. The Kier molecular flexibility index (Phi) is 11.8. The van der Waals surface area contributed by atoms with Gasteiger partial charge >= 0.3 is 12.1 Å². The van der Waals surface area contributed by atoms with Gasteiger partial charge < -0.3 is 15.7 Å². The summed E-state index contributed by atoms with van der Waals surface area (Å²) in [5.74, 6) is -2.98. The summed E-state index contributed by atoms with van der Waals surface area (Å²) in [4.78, 5) is 37.9. The van der Waals surface area contributed by atoms with E-state index in [9.17, 15) is 32.7 Å². The normalized spacial score (nSPS) is 14.2. The molecule has 0 heterocycles. The van der Waals surface area contributed by atoms with E-state index in [4.69, 9.17) is 0 Å². The average Bonchev–Trinajstić information content (AvgIpc) is 2.89. The highest BCUT2D eigenvalue weighted by Crippen LogP contribution is 2.32. The molecule has 6 nitrogen and oxygen atoms in total. The number of alkyl halides is 3. The highest BCUT2D eigenvalue weighted by atomic mass is 19.4. The first-order valence-corrected chi connectivity index (χ1v) is 13.7. The number of rotatable bonds is 13. The first kappa shape index (κ1) is 32.8. The Morgan fingerprint density at radius 3 is 2.08 bits per heavy atom. The van der Waals surface area contributed by atoms with Crippen molar-refractivity contribution >= 4 is 17.8 Å². The predicted molar refractivity (Wildman–Crippen MR) is 149 cm³/mol. The van der Waals surface area contributed by atoms with E-state index >= 15 is 0 Å². The van der Waals surface area contributed by atoms with Crippen molar-refractivity contribution in [2.24, 2.45) is 17.3 Å². The maximum atomic E-state index is 13.4. The standard InChI is InChI=1S/C31H41F3N2O4/c1-6-7-9-24(29(39)40)18-23(27(37)36-26(28(38)35-5)30(2,3)4)17-14-20-12-15-21(16-13-20)22-10-8-11-25(19-22)31(32,33)34/h8,10-13,15-16,19,23-24,26H,6-7,9,14,17-18H2,1-5H3,(H,35,38)(H,36,37)(H,39,40)/t23-,24+,26-/m1/s1. The number of amides is 2. The second-order valence-electron chi connectivity index (χ2n) is 11.3. The van der Waals surface area contributed by atoms with E-state index < -0.39 is 41.0 Å². The van der Waals surface area contributed by atoms with Crippen molar-refractivity contribution < 1.29 is 32.7 Å². The van der Waals surface area contributed by atoms with E-state index in [1.165, 1.54) is 13.1 Å². The molecule has 0 fully saturated rings. The summed E-state index contributed by atoms with van der Waals surface area (Å²) >= 11 is 0. The Bertz CT molecular complexity index is 1140. The van der Waals surface area contributed by atoms with Crippen molar-refractivity contribution in [2.75, 3.05) is 7.05 Å². The monoisotopic (exact) mass is 562 g/mol. The van der Waals surface area contributed by atoms with Gasteiger partial charge in [0.15, 0.2) is 0 Å². The van der Waals surface area contributed by atoms with Crippen LogP contribution in [0.15, 0.2) is 48.5 Å². The Labute approximate surface area is 234 Å². The lowest BCUT2D eigenvalue weighted by molar-refractivity contribution is -0.143. The highest BCUT2D eigenvalue weighted by Gasteiger charge is 2.35. The number of halogens is 3. The summed E-state index contributed by atoms with van der Waals surface area (Å²) in [5.41, 5.74) is 0.667. The molecule has 0 saturated heterocycles. The molecule has 0 unspecified atom stereocenters. The average molecular weight is 563 g/mol. The van der Waals surface area contributed by atoms with Crippen LogP contribution >= 0.6 is 0 Å². The van der Waals surface area contributed by atoms with E-state index in [1.54, 1.807) is 30.3 Å². The fourth-order valence-corrected chi connectivity index (χ4v) is 4.65. The number of carbonyl (C=O) groups excluding carboxylic acids is 2. The van der Waals surface area contributed by atoms with Crippen molar-refractivity contribution in [2.45, 2.75) is 78.4 Å². The number of carbonyl (C=O) groups is 3. The third-order valence-corrected chi connectivity index (χ3v) is 7.12. The van der Waals surface area contributed by atoms with Gasteiger partial charge in [-0.15, -0.1) is 0 Å². The van der Waals surface area contributed by atoms with Crippen molar-refractivity contribution in [3.63, 3.8) is 0 Å². The van der Waals surface area contributed by atoms with E-state index in [0.29, 0.717) is 30.4 Å². The van der Waals surface area contributed by atoms with Gasteiger partial charge in [0.25, 0.3) is 0 Å². The molecular formula is C31H41F3N2O4. The number of unbranched alkanes of at least 4 members (excludes halogenated alkanes) is 1. The molecule has 220 valence electrons. The zero-order chi connectivity index (χ0) is 30.1. The molecule has 0 radical (unpaired) electrons. The quantitative estimate of drug-likeness (QED) is 0.260. The molecule has 2 aromatic rings. The van der Waals surface area contributed by atoms with Crippen LogP contribution in [0, 0.1) is 17.3 Å². The van der Waals surface area contributed by atoms with Crippen LogP contribution in [-0.4, -0.2) is 36.0 Å². The maximum Gasteiger partial charge on any atom is 0.416 e. The molecular weight excluding hydrogens is 521 g/mol. The van der Waals surface area contributed by atoms with Gasteiger partial charge in [-0.1, -0.05) is 76.9 Å². The van der Waals surface area contributed by atoms with Gasteiger partial charge in [-0.05, 0) is 59.9 Å². The molecule has 2 aromatic carbocycles. The molecule has 2 rings (SSSR count). The predicted octanol–water partition coefficient (Wildman–Crippen LogP) is 6.48. The summed E-state index contributed by atoms with van der Waals surface area (Å²) in [7, 11) is 1.50. The Morgan fingerprint density at radius 1 is 0.900 bits per heavy atom. The third-order valence-electron chi connectivity index (χ3n) is 7.12. The number of hydrogen-bond donors (Lipinski definition) is 3. The molecule has 40 heavy (non-hydrogen) atoms. The topological polar surface area (TPSA) is 95.5 Å². The molecule has 0 bridgehead atoms. The Balaban J connectivity index is 2.24. The zero-order valence-electron chi connectivity index (χ0n) is 23.9. The minimum atomic E-state index is -4.43. The molecule has 0 spiro atoms. The van der Waals surface area contributed by atoms with Crippen LogP contribution in [0.2, 0.25) is 0 Å². The van der Waals surface area contributed by atoms with Crippen LogP contribution in [0.1, 0.15) is 70.9 Å². The van der Waals surface area contributed by atoms with Gasteiger partial charge in [0, 0.05) is 13.0 Å². The molecule has 3 N–H and O–H groups in total. The van der Waals surface area contributed by atoms with Crippen LogP contribution in [0.3, 0.4) is 0 Å². The fourth-order valence-electron chi connectivity index (χ4n) is 4.65. The van der Waals surface area contributed by atoms with Gasteiger partial charge in [0.1, 0.15) is 6.04 Å². The minimum absolute atomic E-state index is 0.147. The van der Waals surface area contributed by atoms with Gasteiger partial charge in [-0.25, -0.2) is 0 Å². The first-order valence-electron chi connectivity index (χ1n) is 13.7. The SMILES string of the molecule is CCCC[C@@H](C[C@@H](CCc1ccc(-c2cccc(C(F)(F)F)c2)cc1)C(=O)N[C@H](C(=O)NC)C(C)(C)C)C(=O)O. The lowest BCUT2D eigenvalue weighted by Gasteiger charge is -2.31. The second-order valence-corrected chi connectivity index (χ2v) is 11.3.